The minimum absolute atomic E-state index is 0.400. The molecule has 0 saturated heterocycles. The SMILES string of the molecule is Cc1ccc(-c2noc(-c3ccc4n[nH]nc4c3)n2)nn1. The minimum atomic E-state index is 0.400. The van der Waals surface area contributed by atoms with Crippen molar-refractivity contribution in [1.29, 1.82) is 0 Å². The highest BCUT2D eigenvalue weighted by atomic mass is 16.5. The summed E-state index contributed by atoms with van der Waals surface area (Å²) in [5, 5.41) is 22.5. The largest absolute Gasteiger partial charge is 0.334 e. The number of H-pyrrole nitrogens is 1. The molecule has 8 nitrogen and oxygen atoms in total. The summed E-state index contributed by atoms with van der Waals surface area (Å²) in [4.78, 5) is 4.33. The summed E-state index contributed by atoms with van der Waals surface area (Å²) >= 11 is 0. The van der Waals surface area contributed by atoms with Gasteiger partial charge in [0.25, 0.3) is 5.89 Å². The van der Waals surface area contributed by atoms with E-state index in [1.165, 1.54) is 0 Å². The first kappa shape index (κ1) is 11.6. The number of rotatable bonds is 2. The monoisotopic (exact) mass is 279 g/mol. The van der Waals surface area contributed by atoms with E-state index in [9.17, 15) is 0 Å². The number of nitrogens with zero attached hydrogens (tertiary/aromatic N) is 6. The molecule has 3 aromatic heterocycles. The molecule has 0 aliphatic heterocycles. The molecule has 0 saturated carbocycles. The molecular formula is C13H9N7O. The van der Waals surface area contributed by atoms with Crippen molar-refractivity contribution in [3.63, 3.8) is 0 Å². The molecule has 0 amide bonds. The third-order valence-electron chi connectivity index (χ3n) is 3.02. The lowest BCUT2D eigenvalue weighted by Crippen LogP contribution is -1.90. The number of fused-ring (bicyclic) bond motifs is 1. The predicted octanol–water partition coefficient (Wildman–Crippen LogP) is 1.77. The maximum Gasteiger partial charge on any atom is 0.258 e. The standard InChI is InChI=1S/C13H9N7O/c1-7-2-4-10(16-15-7)12-14-13(21-19-12)8-3-5-9-11(6-8)18-20-17-9/h2-6H,1H3,(H,17,18,20). The van der Waals surface area contributed by atoms with Crippen LogP contribution in [-0.2, 0) is 0 Å². The van der Waals surface area contributed by atoms with Gasteiger partial charge < -0.3 is 4.52 Å². The number of aromatic amines is 1. The number of aromatic nitrogens is 7. The lowest BCUT2D eigenvalue weighted by Gasteiger charge is -1.93. The molecule has 21 heavy (non-hydrogen) atoms. The van der Waals surface area contributed by atoms with E-state index in [1.807, 2.05) is 31.2 Å². The summed E-state index contributed by atoms with van der Waals surface area (Å²) in [7, 11) is 0. The van der Waals surface area contributed by atoms with Crippen LogP contribution >= 0.6 is 0 Å². The van der Waals surface area contributed by atoms with Crippen LogP contribution in [0.3, 0.4) is 0 Å². The molecule has 0 aliphatic rings. The van der Waals surface area contributed by atoms with E-state index in [-0.39, 0.29) is 0 Å². The van der Waals surface area contributed by atoms with Crippen LogP contribution in [0.1, 0.15) is 5.69 Å². The van der Waals surface area contributed by atoms with Crippen molar-refractivity contribution in [2.45, 2.75) is 6.92 Å². The average Bonchev–Trinajstić information content (AvgIpc) is 3.16. The van der Waals surface area contributed by atoms with Gasteiger partial charge in [-0.2, -0.15) is 25.5 Å². The van der Waals surface area contributed by atoms with Gasteiger partial charge in [0.2, 0.25) is 5.82 Å². The highest BCUT2D eigenvalue weighted by molar-refractivity contribution is 5.79. The molecule has 3 heterocycles. The van der Waals surface area contributed by atoms with Crippen molar-refractivity contribution in [1.82, 2.24) is 35.7 Å². The number of nitrogens with one attached hydrogen (secondary N) is 1. The maximum atomic E-state index is 5.27. The second kappa shape index (κ2) is 4.44. The molecule has 102 valence electrons. The topological polar surface area (TPSA) is 106 Å². The fourth-order valence-corrected chi connectivity index (χ4v) is 1.94. The highest BCUT2D eigenvalue weighted by Crippen LogP contribution is 2.23. The zero-order valence-electron chi connectivity index (χ0n) is 11.0. The van der Waals surface area contributed by atoms with Crippen molar-refractivity contribution < 1.29 is 4.52 Å². The smallest absolute Gasteiger partial charge is 0.258 e. The predicted molar refractivity (Wildman–Crippen MR) is 72.9 cm³/mol. The summed E-state index contributed by atoms with van der Waals surface area (Å²) in [5.41, 5.74) is 3.69. The van der Waals surface area contributed by atoms with Crippen LogP contribution < -0.4 is 0 Å². The summed E-state index contributed by atoms with van der Waals surface area (Å²) in [6, 6.07) is 9.17. The first-order valence-corrected chi connectivity index (χ1v) is 6.25. The third kappa shape index (κ3) is 2.02. The van der Waals surface area contributed by atoms with E-state index in [2.05, 4.69) is 35.7 Å². The molecule has 0 unspecified atom stereocenters. The first-order chi connectivity index (χ1) is 10.3. The van der Waals surface area contributed by atoms with Crippen LogP contribution in [0, 0.1) is 6.92 Å². The normalized spacial score (nSPS) is 11.1. The van der Waals surface area contributed by atoms with Gasteiger partial charge in [0.15, 0.2) is 0 Å². The Morgan fingerprint density at radius 2 is 1.90 bits per heavy atom. The Balaban J connectivity index is 1.74. The Labute approximate surface area is 118 Å². The molecule has 4 aromatic rings. The summed E-state index contributed by atoms with van der Waals surface area (Å²) in [6.45, 7) is 1.87. The van der Waals surface area contributed by atoms with Crippen molar-refractivity contribution in [3.05, 3.63) is 36.0 Å². The van der Waals surface area contributed by atoms with Crippen molar-refractivity contribution in [2.75, 3.05) is 0 Å². The molecule has 0 atom stereocenters. The summed E-state index contributed by atoms with van der Waals surface area (Å²) in [6.07, 6.45) is 0. The van der Waals surface area contributed by atoms with Crippen LogP contribution in [0.15, 0.2) is 34.9 Å². The van der Waals surface area contributed by atoms with Crippen LogP contribution in [0.4, 0.5) is 0 Å². The van der Waals surface area contributed by atoms with Gasteiger partial charge in [0, 0.05) is 5.56 Å². The Morgan fingerprint density at radius 3 is 2.76 bits per heavy atom. The molecule has 4 rings (SSSR count). The molecule has 0 bridgehead atoms. The van der Waals surface area contributed by atoms with Gasteiger partial charge in [-0.05, 0) is 37.3 Å². The van der Waals surface area contributed by atoms with Crippen molar-refractivity contribution >= 4 is 11.0 Å². The Kier molecular flexibility index (Phi) is 2.46. The Morgan fingerprint density at radius 1 is 1.00 bits per heavy atom. The zero-order valence-corrected chi connectivity index (χ0v) is 11.0. The van der Waals surface area contributed by atoms with Crippen LogP contribution in [0.2, 0.25) is 0 Å². The molecule has 0 radical (unpaired) electrons. The lowest BCUT2D eigenvalue weighted by atomic mass is 10.2. The average molecular weight is 279 g/mol. The number of aryl methyl sites for hydroxylation is 1. The van der Waals surface area contributed by atoms with E-state index < -0.39 is 0 Å². The van der Waals surface area contributed by atoms with Crippen LogP contribution in [-0.4, -0.2) is 35.7 Å². The highest BCUT2D eigenvalue weighted by Gasteiger charge is 2.13. The van der Waals surface area contributed by atoms with E-state index in [1.54, 1.807) is 6.07 Å². The Bertz CT molecular complexity index is 910. The second-order valence-electron chi connectivity index (χ2n) is 4.51. The van der Waals surface area contributed by atoms with Gasteiger partial charge in [0.1, 0.15) is 16.7 Å². The molecule has 8 heteroatoms. The quantitative estimate of drug-likeness (QED) is 0.596. The summed E-state index contributed by atoms with van der Waals surface area (Å²) < 4.78 is 5.27. The van der Waals surface area contributed by atoms with Gasteiger partial charge in [0.05, 0.1) is 5.69 Å². The third-order valence-corrected chi connectivity index (χ3v) is 3.02. The molecule has 0 spiro atoms. The number of hydrogen-bond donors (Lipinski definition) is 1. The number of benzene rings is 1. The van der Waals surface area contributed by atoms with E-state index in [0.29, 0.717) is 17.4 Å². The fraction of sp³-hybridized carbons (Fsp3) is 0.0769. The fourth-order valence-electron chi connectivity index (χ4n) is 1.94. The first-order valence-electron chi connectivity index (χ1n) is 6.25. The molecular weight excluding hydrogens is 270 g/mol. The minimum Gasteiger partial charge on any atom is -0.334 e. The molecule has 0 aliphatic carbocycles. The van der Waals surface area contributed by atoms with Crippen molar-refractivity contribution in [2.24, 2.45) is 0 Å². The van der Waals surface area contributed by atoms with Crippen LogP contribution in [0.25, 0.3) is 34.0 Å². The van der Waals surface area contributed by atoms with Gasteiger partial charge in [-0.3, -0.25) is 0 Å². The maximum absolute atomic E-state index is 5.27. The van der Waals surface area contributed by atoms with E-state index in [4.69, 9.17) is 4.52 Å². The molecule has 0 fully saturated rings. The van der Waals surface area contributed by atoms with Gasteiger partial charge >= 0.3 is 0 Å². The van der Waals surface area contributed by atoms with Gasteiger partial charge in [-0.1, -0.05) is 5.16 Å². The molecule has 1 N–H and O–H groups in total. The lowest BCUT2D eigenvalue weighted by molar-refractivity contribution is 0.432. The molecule has 1 aromatic carbocycles. The van der Waals surface area contributed by atoms with E-state index in [0.717, 1.165) is 22.3 Å². The van der Waals surface area contributed by atoms with E-state index >= 15 is 0 Å². The van der Waals surface area contributed by atoms with Gasteiger partial charge in [-0.25, -0.2) is 0 Å². The second-order valence-corrected chi connectivity index (χ2v) is 4.51. The van der Waals surface area contributed by atoms with Gasteiger partial charge in [-0.15, -0.1) is 5.10 Å². The zero-order chi connectivity index (χ0) is 14.2. The Hall–Kier alpha value is -3.16. The van der Waals surface area contributed by atoms with Crippen LogP contribution in [0.5, 0.6) is 0 Å². The summed E-state index contributed by atoms with van der Waals surface area (Å²) in [5.74, 6) is 0.801. The number of hydrogen-bond acceptors (Lipinski definition) is 7. The van der Waals surface area contributed by atoms with Crippen molar-refractivity contribution in [3.8, 4) is 23.0 Å².